The number of amides is 1. The van der Waals surface area contributed by atoms with Gasteiger partial charge in [-0.2, -0.15) is 4.98 Å². The van der Waals surface area contributed by atoms with Crippen LogP contribution in [-0.2, 0) is 11.3 Å². The standard InChI is InChI=1S/C15H25N7O2/c1-11-18-13(20-24-11)9-17-15(16-2)22-7-5-21(6-8-22)10-14(23)19-12-3-4-12/h12H,3-10H2,1-2H3,(H,16,17)(H,19,23). The van der Waals surface area contributed by atoms with Crippen LogP contribution < -0.4 is 10.6 Å². The maximum Gasteiger partial charge on any atom is 0.234 e. The van der Waals surface area contributed by atoms with Gasteiger partial charge in [-0.1, -0.05) is 5.16 Å². The molecule has 0 spiro atoms. The number of nitrogens with one attached hydrogen (secondary N) is 2. The lowest BCUT2D eigenvalue weighted by Gasteiger charge is -2.36. The highest BCUT2D eigenvalue weighted by atomic mass is 16.5. The number of carbonyl (C=O) groups excluding carboxylic acids is 1. The Morgan fingerprint density at radius 1 is 1.33 bits per heavy atom. The van der Waals surface area contributed by atoms with Gasteiger partial charge in [-0.05, 0) is 12.8 Å². The van der Waals surface area contributed by atoms with Crippen LogP contribution in [0.2, 0.25) is 0 Å². The number of guanidine groups is 1. The van der Waals surface area contributed by atoms with Gasteiger partial charge in [0.2, 0.25) is 11.8 Å². The van der Waals surface area contributed by atoms with Crippen molar-refractivity contribution in [3.63, 3.8) is 0 Å². The minimum Gasteiger partial charge on any atom is -0.352 e. The van der Waals surface area contributed by atoms with E-state index in [1.807, 2.05) is 0 Å². The molecule has 3 rings (SSSR count). The Labute approximate surface area is 141 Å². The first-order valence-electron chi connectivity index (χ1n) is 8.40. The van der Waals surface area contributed by atoms with Crippen LogP contribution in [0.1, 0.15) is 24.6 Å². The second-order valence-electron chi connectivity index (χ2n) is 6.24. The fraction of sp³-hybridized carbons (Fsp3) is 0.733. The zero-order chi connectivity index (χ0) is 16.9. The smallest absolute Gasteiger partial charge is 0.234 e. The van der Waals surface area contributed by atoms with Gasteiger partial charge in [0.25, 0.3) is 0 Å². The third-order valence-corrected chi connectivity index (χ3v) is 4.17. The molecular formula is C15H25N7O2. The van der Waals surface area contributed by atoms with E-state index in [1.165, 1.54) is 0 Å². The molecule has 2 heterocycles. The Kier molecular flexibility index (Phi) is 5.29. The zero-order valence-corrected chi connectivity index (χ0v) is 14.3. The van der Waals surface area contributed by atoms with Crippen molar-refractivity contribution in [2.24, 2.45) is 4.99 Å². The highest BCUT2D eigenvalue weighted by Crippen LogP contribution is 2.18. The normalized spacial score (nSPS) is 19.4. The molecule has 0 radical (unpaired) electrons. The first-order chi connectivity index (χ1) is 11.6. The Balaban J connectivity index is 1.41. The maximum atomic E-state index is 11.9. The summed E-state index contributed by atoms with van der Waals surface area (Å²) < 4.78 is 4.96. The SMILES string of the molecule is CN=C(NCc1noc(C)n1)N1CCN(CC(=O)NC2CC2)CC1. The number of hydrogen-bond donors (Lipinski definition) is 2. The molecule has 0 aromatic carbocycles. The summed E-state index contributed by atoms with van der Waals surface area (Å²) in [5.74, 6) is 2.13. The molecule has 0 atom stereocenters. The summed E-state index contributed by atoms with van der Waals surface area (Å²) >= 11 is 0. The zero-order valence-electron chi connectivity index (χ0n) is 14.3. The molecule has 1 aromatic heterocycles. The number of hydrogen-bond acceptors (Lipinski definition) is 6. The second-order valence-corrected chi connectivity index (χ2v) is 6.24. The average Bonchev–Trinajstić information content (AvgIpc) is 3.28. The van der Waals surface area contributed by atoms with Crippen LogP contribution in [0, 0.1) is 6.92 Å². The molecule has 1 aromatic rings. The van der Waals surface area contributed by atoms with Crippen LogP contribution in [-0.4, -0.2) is 77.6 Å². The molecule has 1 saturated heterocycles. The van der Waals surface area contributed by atoms with E-state index in [-0.39, 0.29) is 5.91 Å². The van der Waals surface area contributed by atoms with Crippen molar-refractivity contribution in [3.8, 4) is 0 Å². The van der Waals surface area contributed by atoms with Crippen LogP contribution in [0.3, 0.4) is 0 Å². The molecule has 1 amide bonds. The summed E-state index contributed by atoms with van der Waals surface area (Å²) in [7, 11) is 1.76. The largest absolute Gasteiger partial charge is 0.352 e. The van der Waals surface area contributed by atoms with Crippen molar-refractivity contribution in [3.05, 3.63) is 11.7 Å². The molecule has 24 heavy (non-hydrogen) atoms. The Morgan fingerprint density at radius 2 is 2.08 bits per heavy atom. The lowest BCUT2D eigenvalue weighted by molar-refractivity contribution is -0.122. The fourth-order valence-corrected chi connectivity index (χ4v) is 2.73. The monoisotopic (exact) mass is 335 g/mol. The van der Waals surface area contributed by atoms with E-state index in [0.717, 1.165) is 45.0 Å². The number of rotatable bonds is 5. The Morgan fingerprint density at radius 3 is 2.67 bits per heavy atom. The van der Waals surface area contributed by atoms with Crippen LogP contribution in [0.5, 0.6) is 0 Å². The summed E-state index contributed by atoms with van der Waals surface area (Å²) in [6.45, 7) is 6.10. The van der Waals surface area contributed by atoms with E-state index in [4.69, 9.17) is 4.52 Å². The molecule has 9 nitrogen and oxygen atoms in total. The van der Waals surface area contributed by atoms with Gasteiger partial charge in [-0.15, -0.1) is 0 Å². The van der Waals surface area contributed by atoms with Crippen molar-refractivity contribution < 1.29 is 9.32 Å². The third-order valence-electron chi connectivity index (χ3n) is 4.17. The van der Waals surface area contributed by atoms with Crippen molar-refractivity contribution in [2.75, 3.05) is 39.8 Å². The molecule has 9 heteroatoms. The van der Waals surface area contributed by atoms with Crippen LogP contribution in [0.15, 0.2) is 9.52 Å². The number of aromatic nitrogens is 2. The van der Waals surface area contributed by atoms with Crippen LogP contribution in [0.25, 0.3) is 0 Å². The Hall–Kier alpha value is -2.16. The van der Waals surface area contributed by atoms with E-state index in [9.17, 15) is 4.79 Å². The minimum atomic E-state index is 0.140. The first kappa shape index (κ1) is 16.7. The highest BCUT2D eigenvalue weighted by Gasteiger charge is 2.25. The number of nitrogens with zero attached hydrogens (tertiary/aromatic N) is 5. The summed E-state index contributed by atoms with van der Waals surface area (Å²) in [5, 5.41) is 10.2. The third kappa shape index (κ3) is 4.67. The van der Waals surface area contributed by atoms with Gasteiger partial charge in [-0.3, -0.25) is 14.7 Å². The van der Waals surface area contributed by atoms with Gasteiger partial charge in [-0.25, -0.2) is 0 Å². The van der Waals surface area contributed by atoms with Crippen molar-refractivity contribution in [1.82, 2.24) is 30.6 Å². The topological polar surface area (TPSA) is 98.9 Å². The van der Waals surface area contributed by atoms with Gasteiger partial charge in [0.1, 0.15) is 0 Å². The molecule has 2 fully saturated rings. The predicted octanol–water partition coefficient (Wildman–Crippen LogP) is -0.650. The second kappa shape index (κ2) is 7.61. The van der Waals surface area contributed by atoms with E-state index in [2.05, 4.69) is 35.6 Å². The minimum absolute atomic E-state index is 0.140. The summed E-state index contributed by atoms with van der Waals surface area (Å²) in [4.78, 5) is 24.7. The summed E-state index contributed by atoms with van der Waals surface area (Å²) in [5.41, 5.74) is 0. The average molecular weight is 335 g/mol. The number of carbonyl (C=O) groups is 1. The predicted molar refractivity (Wildman–Crippen MR) is 88.4 cm³/mol. The molecule has 0 bridgehead atoms. The number of aryl methyl sites for hydroxylation is 1. The van der Waals surface area contributed by atoms with E-state index < -0.39 is 0 Å². The van der Waals surface area contributed by atoms with Crippen LogP contribution >= 0.6 is 0 Å². The van der Waals surface area contributed by atoms with Gasteiger partial charge in [0.05, 0.1) is 13.1 Å². The quantitative estimate of drug-likeness (QED) is 0.545. The molecule has 132 valence electrons. The first-order valence-corrected chi connectivity index (χ1v) is 8.40. The molecule has 0 unspecified atom stereocenters. The molecular weight excluding hydrogens is 310 g/mol. The maximum absolute atomic E-state index is 11.9. The van der Waals surface area contributed by atoms with Gasteiger partial charge >= 0.3 is 0 Å². The highest BCUT2D eigenvalue weighted by molar-refractivity contribution is 5.80. The van der Waals surface area contributed by atoms with E-state index in [1.54, 1.807) is 14.0 Å². The Bertz CT molecular complexity index is 588. The number of piperazine rings is 1. The van der Waals surface area contributed by atoms with Crippen LogP contribution in [0.4, 0.5) is 0 Å². The lowest BCUT2D eigenvalue weighted by atomic mass is 10.3. The summed E-state index contributed by atoms with van der Waals surface area (Å²) in [6, 6.07) is 0.426. The molecule has 2 aliphatic rings. The molecule has 1 aliphatic carbocycles. The number of aliphatic imine (C=N–C) groups is 1. The molecule has 1 aliphatic heterocycles. The van der Waals surface area contributed by atoms with Gasteiger partial charge in [0.15, 0.2) is 11.8 Å². The van der Waals surface area contributed by atoms with Gasteiger partial charge < -0.3 is 20.1 Å². The van der Waals surface area contributed by atoms with E-state index >= 15 is 0 Å². The van der Waals surface area contributed by atoms with Crippen molar-refractivity contribution >= 4 is 11.9 Å². The lowest BCUT2D eigenvalue weighted by Crippen LogP contribution is -2.54. The summed E-state index contributed by atoms with van der Waals surface area (Å²) in [6.07, 6.45) is 2.25. The van der Waals surface area contributed by atoms with Crippen molar-refractivity contribution in [2.45, 2.75) is 32.4 Å². The fourth-order valence-electron chi connectivity index (χ4n) is 2.73. The van der Waals surface area contributed by atoms with Gasteiger partial charge in [0, 0.05) is 46.2 Å². The van der Waals surface area contributed by atoms with Crippen molar-refractivity contribution in [1.29, 1.82) is 0 Å². The van der Waals surface area contributed by atoms with E-state index in [0.29, 0.717) is 30.8 Å². The molecule has 1 saturated carbocycles. The molecule has 2 N–H and O–H groups in total.